The summed E-state index contributed by atoms with van der Waals surface area (Å²) in [5.41, 5.74) is -0.891. The number of hydrogen-bond acceptors (Lipinski definition) is 8. The second-order valence-corrected chi connectivity index (χ2v) is 8.53. The second-order valence-electron chi connectivity index (χ2n) is 7.19. The van der Waals surface area contributed by atoms with Crippen LogP contribution in [0, 0.1) is 12.3 Å². The van der Waals surface area contributed by atoms with Gasteiger partial charge in [-0.2, -0.15) is 0 Å². The Bertz CT molecular complexity index is 885. The van der Waals surface area contributed by atoms with Crippen LogP contribution in [-0.2, 0) is 39.4 Å². The maximum absolute atomic E-state index is 12.9. The van der Waals surface area contributed by atoms with Crippen LogP contribution in [0.3, 0.4) is 0 Å². The second kappa shape index (κ2) is 11.8. The first kappa shape index (κ1) is 25.6. The molecule has 0 aliphatic carbocycles. The van der Waals surface area contributed by atoms with E-state index in [1.165, 1.54) is 17.6 Å². The lowest BCUT2D eigenvalue weighted by Gasteiger charge is -2.32. The molecule has 0 radical (unpaired) electrons. The van der Waals surface area contributed by atoms with E-state index in [9.17, 15) is 23.7 Å². The predicted molar refractivity (Wildman–Crippen MR) is 117 cm³/mol. The van der Waals surface area contributed by atoms with E-state index in [0.29, 0.717) is 4.90 Å². The van der Waals surface area contributed by atoms with E-state index in [2.05, 4.69) is 0 Å². The number of aliphatic hydroxyl groups is 1. The largest absolute Gasteiger partial charge is 0.465 e. The van der Waals surface area contributed by atoms with Crippen molar-refractivity contribution in [3.05, 3.63) is 53.5 Å². The average Bonchev–Trinajstić information content (AvgIpc) is 2.76. The third-order valence-electron chi connectivity index (χ3n) is 4.85. The van der Waals surface area contributed by atoms with Gasteiger partial charge < -0.3 is 19.3 Å². The number of aryl methyl sites for hydroxylation is 1. The van der Waals surface area contributed by atoms with Crippen LogP contribution in [0.5, 0.6) is 0 Å². The van der Waals surface area contributed by atoms with Crippen molar-refractivity contribution >= 4 is 28.5 Å². The SMILES string of the molecule is CCOC(=O)C(C/C=C\S(=O)c1ccc(C)cc1)(CC1OC(O)C=CC1=O)C(=O)OCC. The maximum Gasteiger partial charge on any atom is 0.323 e. The standard InChI is InChI=1S/C23H28O8S/c1-4-29-21(26)23(22(27)30-5-2,15-19-18(24)11-12-20(25)31-19)13-6-14-32(28)17-9-7-16(3)8-10-17/h6-12,14,19-20,25H,4-5,13,15H2,1-3H3/b14-6-. The van der Waals surface area contributed by atoms with Gasteiger partial charge >= 0.3 is 11.9 Å². The monoisotopic (exact) mass is 464 g/mol. The van der Waals surface area contributed by atoms with Gasteiger partial charge in [0.05, 0.1) is 24.0 Å². The number of carbonyl (C=O) groups excluding carboxylic acids is 3. The molecule has 32 heavy (non-hydrogen) atoms. The number of ketones is 1. The summed E-state index contributed by atoms with van der Waals surface area (Å²) in [6.07, 6.45) is 0.525. The van der Waals surface area contributed by atoms with E-state index in [4.69, 9.17) is 14.2 Å². The van der Waals surface area contributed by atoms with Gasteiger partial charge in [-0.25, -0.2) is 4.21 Å². The fourth-order valence-corrected chi connectivity index (χ4v) is 3.99. The Hall–Kier alpha value is -2.62. The lowest BCUT2D eigenvalue weighted by atomic mass is 9.78. The molecular formula is C23H28O8S. The van der Waals surface area contributed by atoms with Crippen LogP contribution in [0.25, 0.3) is 0 Å². The molecule has 0 amide bonds. The first-order chi connectivity index (χ1) is 15.2. The highest BCUT2D eigenvalue weighted by Crippen LogP contribution is 2.35. The van der Waals surface area contributed by atoms with Crippen molar-refractivity contribution < 1.29 is 37.9 Å². The fourth-order valence-electron chi connectivity index (χ4n) is 3.16. The van der Waals surface area contributed by atoms with E-state index < -0.39 is 52.8 Å². The van der Waals surface area contributed by atoms with Gasteiger partial charge in [-0.15, -0.1) is 0 Å². The summed E-state index contributed by atoms with van der Waals surface area (Å²) in [5.74, 6) is -2.27. The molecule has 174 valence electrons. The van der Waals surface area contributed by atoms with Gasteiger partial charge in [0, 0.05) is 16.7 Å². The Morgan fingerprint density at radius 3 is 2.31 bits per heavy atom. The molecule has 3 unspecified atom stereocenters. The van der Waals surface area contributed by atoms with Crippen LogP contribution in [0.1, 0.15) is 32.3 Å². The van der Waals surface area contributed by atoms with Gasteiger partial charge in [-0.05, 0) is 51.5 Å². The summed E-state index contributed by atoms with van der Waals surface area (Å²) in [4.78, 5) is 38.7. The number of ether oxygens (including phenoxy) is 3. The van der Waals surface area contributed by atoms with Crippen LogP contribution in [0.4, 0.5) is 0 Å². The molecule has 1 aliphatic heterocycles. The summed E-state index contributed by atoms with van der Waals surface area (Å²) < 4.78 is 28.1. The Morgan fingerprint density at radius 2 is 1.75 bits per heavy atom. The summed E-state index contributed by atoms with van der Waals surface area (Å²) >= 11 is 0. The lowest BCUT2D eigenvalue weighted by Crippen LogP contribution is -2.47. The Labute approximate surface area is 189 Å². The number of rotatable bonds is 10. The molecule has 2 rings (SSSR count). The summed E-state index contributed by atoms with van der Waals surface area (Å²) in [6, 6.07) is 7.10. The Balaban J connectivity index is 2.35. The van der Waals surface area contributed by atoms with Gasteiger partial charge in [-0.1, -0.05) is 23.8 Å². The molecule has 0 saturated carbocycles. The number of benzene rings is 1. The molecule has 0 saturated heterocycles. The van der Waals surface area contributed by atoms with Crippen LogP contribution in [0.2, 0.25) is 0 Å². The normalized spacial score (nSPS) is 19.7. The highest BCUT2D eigenvalue weighted by Gasteiger charge is 2.51. The lowest BCUT2D eigenvalue weighted by molar-refractivity contribution is -0.180. The zero-order valence-corrected chi connectivity index (χ0v) is 19.1. The van der Waals surface area contributed by atoms with E-state index in [0.717, 1.165) is 11.6 Å². The van der Waals surface area contributed by atoms with E-state index in [1.54, 1.807) is 26.0 Å². The molecule has 3 atom stereocenters. The molecule has 1 aliphatic rings. The molecule has 1 aromatic carbocycles. The smallest absolute Gasteiger partial charge is 0.323 e. The highest BCUT2D eigenvalue weighted by atomic mass is 32.2. The topological polar surface area (TPSA) is 116 Å². The van der Waals surface area contributed by atoms with Gasteiger partial charge in [0.25, 0.3) is 0 Å². The van der Waals surface area contributed by atoms with Gasteiger partial charge in [0.1, 0.15) is 6.10 Å². The van der Waals surface area contributed by atoms with Crippen molar-refractivity contribution in [1.29, 1.82) is 0 Å². The zero-order valence-electron chi connectivity index (χ0n) is 18.3. The highest BCUT2D eigenvalue weighted by molar-refractivity contribution is 7.88. The van der Waals surface area contributed by atoms with E-state index in [-0.39, 0.29) is 19.6 Å². The van der Waals surface area contributed by atoms with Crippen LogP contribution in [-0.4, -0.2) is 52.6 Å². The van der Waals surface area contributed by atoms with Gasteiger partial charge in [-0.3, -0.25) is 14.4 Å². The molecular weight excluding hydrogens is 436 g/mol. The van der Waals surface area contributed by atoms with Crippen LogP contribution in [0.15, 0.2) is 52.8 Å². The van der Waals surface area contributed by atoms with Crippen LogP contribution < -0.4 is 0 Å². The quantitative estimate of drug-likeness (QED) is 0.414. The molecule has 0 spiro atoms. The molecule has 9 heteroatoms. The average molecular weight is 465 g/mol. The van der Waals surface area contributed by atoms with Crippen LogP contribution >= 0.6 is 0 Å². The third-order valence-corrected chi connectivity index (χ3v) is 6.03. The zero-order chi connectivity index (χ0) is 23.7. The third kappa shape index (κ3) is 6.44. The molecule has 1 aromatic rings. The Kier molecular flexibility index (Phi) is 9.49. The Morgan fingerprint density at radius 1 is 1.16 bits per heavy atom. The number of carbonyl (C=O) groups is 3. The summed E-state index contributed by atoms with van der Waals surface area (Å²) in [5, 5.41) is 11.1. The molecule has 8 nitrogen and oxygen atoms in total. The minimum Gasteiger partial charge on any atom is -0.465 e. The minimum atomic E-state index is -1.91. The molecule has 0 bridgehead atoms. The summed E-state index contributed by atoms with van der Waals surface area (Å²) in [6.45, 7) is 5.09. The van der Waals surface area contributed by atoms with Crippen molar-refractivity contribution in [1.82, 2.24) is 0 Å². The number of hydrogen-bond donors (Lipinski definition) is 1. The summed E-state index contributed by atoms with van der Waals surface area (Å²) in [7, 11) is -1.51. The van der Waals surface area contributed by atoms with E-state index >= 15 is 0 Å². The van der Waals surface area contributed by atoms with E-state index in [1.807, 2.05) is 19.1 Å². The van der Waals surface area contributed by atoms with Gasteiger partial charge in [0.2, 0.25) is 0 Å². The van der Waals surface area contributed by atoms with Crippen molar-refractivity contribution in [2.45, 2.75) is 50.9 Å². The maximum atomic E-state index is 12.9. The minimum absolute atomic E-state index is 0.000990. The molecule has 0 fully saturated rings. The molecule has 1 heterocycles. The first-order valence-electron chi connectivity index (χ1n) is 10.3. The first-order valence-corrected chi connectivity index (χ1v) is 11.5. The van der Waals surface area contributed by atoms with Crippen molar-refractivity contribution in [3.8, 4) is 0 Å². The predicted octanol–water partition coefficient (Wildman–Crippen LogP) is 2.35. The molecule has 0 aromatic heterocycles. The van der Waals surface area contributed by atoms with Gasteiger partial charge in [0.15, 0.2) is 17.5 Å². The van der Waals surface area contributed by atoms with Crippen molar-refractivity contribution in [2.24, 2.45) is 5.41 Å². The van der Waals surface area contributed by atoms with Crippen molar-refractivity contribution in [2.75, 3.05) is 13.2 Å². The number of allylic oxidation sites excluding steroid dienone is 1. The number of aliphatic hydroxyl groups excluding tert-OH is 1. The molecule has 1 N–H and O–H groups in total. The fraction of sp³-hybridized carbons (Fsp3) is 0.435. The number of esters is 2. The van der Waals surface area contributed by atoms with Crippen molar-refractivity contribution in [3.63, 3.8) is 0 Å².